The molecule has 0 aliphatic heterocycles. The summed E-state index contributed by atoms with van der Waals surface area (Å²) < 4.78 is 4.69. The van der Waals surface area contributed by atoms with Crippen molar-refractivity contribution in [3.05, 3.63) is 64.7 Å². The zero-order valence-electron chi connectivity index (χ0n) is 13.6. The van der Waals surface area contributed by atoms with Crippen molar-refractivity contribution in [1.82, 2.24) is 0 Å². The van der Waals surface area contributed by atoms with Gasteiger partial charge in [0.05, 0.1) is 24.3 Å². The predicted octanol–water partition coefficient (Wildman–Crippen LogP) is 3.22. The summed E-state index contributed by atoms with van der Waals surface area (Å²) in [5.74, 6) is -0.576. The third-order valence-corrected chi connectivity index (χ3v) is 3.66. The zero-order chi connectivity index (χ0) is 17.5. The van der Waals surface area contributed by atoms with Gasteiger partial charge in [0.1, 0.15) is 0 Å². The maximum absolute atomic E-state index is 12.1. The molecule has 2 rings (SSSR count). The first-order valence-corrected chi connectivity index (χ1v) is 7.51. The van der Waals surface area contributed by atoms with E-state index in [2.05, 4.69) is 16.1 Å². The minimum Gasteiger partial charge on any atom is -0.465 e. The molecule has 122 valence electrons. The predicted molar refractivity (Wildman–Crippen MR) is 90.6 cm³/mol. The molecule has 0 saturated heterocycles. The van der Waals surface area contributed by atoms with Gasteiger partial charge in [0.2, 0.25) is 5.91 Å². The van der Waals surface area contributed by atoms with E-state index in [0.29, 0.717) is 29.7 Å². The van der Waals surface area contributed by atoms with Crippen LogP contribution in [0.1, 0.15) is 33.5 Å². The summed E-state index contributed by atoms with van der Waals surface area (Å²) in [4.78, 5) is 23.7. The number of nitrogens with zero attached hydrogens (tertiary/aromatic N) is 1. The fourth-order valence-corrected chi connectivity index (χ4v) is 2.22. The molecule has 0 unspecified atom stereocenters. The number of benzene rings is 2. The lowest BCUT2D eigenvalue weighted by atomic mass is 10.1. The molecule has 0 saturated carbocycles. The van der Waals surface area contributed by atoms with Crippen molar-refractivity contribution in [2.45, 2.75) is 19.8 Å². The summed E-state index contributed by atoms with van der Waals surface area (Å²) in [6, 6.07) is 14.2. The number of rotatable bonds is 5. The fourth-order valence-electron chi connectivity index (χ4n) is 2.22. The molecule has 0 aromatic heterocycles. The van der Waals surface area contributed by atoms with Crippen molar-refractivity contribution in [3.8, 4) is 6.07 Å². The van der Waals surface area contributed by atoms with Crippen molar-refractivity contribution >= 4 is 17.6 Å². The van der Waals surface area contributed by atoms with Crippen LogP contribution in [0, 0.1) is 18.3 Å². The van der Waals surface area contributed by atoms with Gasteiger partial charge in [-0.25, -0.2) is 4.79 Å². The van der Waals surface area contributed by atoms with E-state index in [1.54, 1.807) is 30.3 Å². The second-order valence-corrected chi connectivity index (χ2v) is 5.38. The van der Waals surface area contributed by atoms with Crippen molar-refractivity contribution < 1.29 is 14.3 Å². The lowest BCUT2D eigenvalue weighted by Gasteiger charge is -2.10. The first-order valence-electron chi connectivity index (χ1n) is 7.51. The molecule has 5 heteroatoms. The van der Waals surface area contributed by atoms with Crippen LogP contribution in [0.4, 0.5) is 5.69 Å². The topological polar surface area (TPSA) is 79.2 Å². The molecule has 0 fully saturated rings. The van der Waals surface area contributed by atoms with Crippen LogP contribution in [0.15, 0.2) is 42.5 Å². The average Bonchev–Trinajstić information content (AvgIpc) is 2.61. The number of ether oxygens (including phenoxy) is 1. The number of hydrogen-bond acceptors (Lipinski definition) is 4. The highest BCUT2D eigenvalue weighted by molar-refractivity contribution is 5.95. The van der Waals surface area contributed by atoms with Gasteiger partial charge in [-0.15, -0.1) is 0 Å². The molecule has 0 spiro atoms. The Kier molecular flexibility index (Phi) is 5.69. The molecule has 1 N–H and O–H groups in total. The lowest BCUT2D eigenvalue weighted by Crippen LogP contribution is -2.14. The number of nitrogens with one attached hydrogen (secondary N) is 1. The van der Waals surface area contributed by atoms with Crippen LogP contribution in [-0.2, 0) is 16.0 Å². The molecular weight excluding hydrogens is 304 g/mol. The van der Waals surface area contributed by atoms with Crippen LogP contribution < -0.4 is 5.32 Å². The smallest absolute Gasteiger partial charge is 0.337 e. The normalized spacial score (nSPS) is 9.88. The second-order valence-electron chi connectivity index (χ2n) is 5.38. The molecular formula is C19H18N2O3. The number of carbonyl (C=O) groups excluding carboxylic acids is 2. The molecule has 1 amide bonds. The number of amides is 1. The average molecular weight is 322 g/mol. The standard InChI is InChI=1S/C19H18N2O3/c1-13-3-9-16(19(23)24-2)11-17(13)21-18(22)10-8-14-4-6-15(12-20)7-5-14/h3-7,9,11H,8,10H2,1-2H3,(H,21,22). The van der Waals surface area contributed by atoms with Gasteiger partial charge in [-0.05, 0) is 48.7 Å². The number of aryl methyl sites for hydroxylation is 2. The molecule has 2 aromatic carbocycles. The number of esters is 1. The van der Waals surface area contributed by atoms with Crippen LogP contribution in [0.25, 0.3) is 0 Å². The maximum atomic E-state index is 12.1. The van der Waals surface area contributed by atoms with Gasteiger partial charge in [0.15, 0.2) is 0 Å². The quantitative estimate of drug-likeness (QED) is 0.857. The van der Waals surface area contributed by atoms with Crippen molar-refractivity contribution in [3.63, 3.8) is 0 Å². The summed E-state index contributed by atoms with van der Waals surface area (Å²) >= 11 is 0. The molecule has 5 nitrogen and oxygen atoms in total. The third kappa shape index (κ3) is 4.43. The largest absolute Gasteiger partial charge is 0.465 e. The van der Waals surface area contributed by atoms with Crippen LogP contribution in [0.3, 0.4) is 0 Å². The van der Waals surface area contributed by atoms with E-state index in [-0.39, 0.29) is 5.91 Å². The Bertz CT molecular complexity index is 789. The molecule has 0 heterocycles. The SMILES string of the molecule is COC(=O)c1ccc(C)c(NC(=O)CCc2ccc(C#N)cc2)c1. The van der Waals surface area contributed by atoms with Gasteiger partial charge in [-0.1, -0.05) is 18.2 Å². The molecule has 0 bridgehead atoms. The first kappa shape index (κ1) is 17.2. The fraction of sp³-hybridized carbons (Fsp3) is 0.211. The monoisotopic (exact) mass is 322 g/mol. The second kappa shape index (κ2) is 7.93. The van der Waals surface area contributed by atoms with E-state index in [9.17, 15) is 9.59 Å². The molecule has 24 heavy (non-hydrogen) atoms. The van der Waals surface area contributed by atoms with E-state index >= 15 is 0 Å². The van der Waals surface area contributed by atoms with Crippen molar-refractivity contribution in [2.24, 2.45) is 0 Å². The molecule has 0 radical (unpaired) electrons. The number of hydrogen-bond donors (Lipinski definition) is 1. The molecule has 0 aliphatic rings. The number of anilines is 1. The summed E-state index contributed by atoms with van der Waals surface area (Å²) in [6.45, 7) is 1.86. The van der Waals surface area contributed by atoms with E-state index in [1.165, 1.54) is 7.11 Å². The highest BCUT2D eigenvalue weighted by Crippen LogP contribution is 2.18. The number of nitriles is 1. The van der Waals surface area contributed by atoms with Crippen LogP contribution in [0.5, 0.6) is 0 Å². The van der Waals surface area contributed by atoms with Gasteiger partial charge >= 0.3 is 5.97 Å². The summed E-state index contributed by atoms with van der Waals surface area (Å²) in [7, 11) is 1.32. The van der Waals surface area contributed by atoms with Crippen LogP contribution in [0.2, 0.25) is 0 Å². The minimum absolute atomic E-state index is 0.135. The highest BCUT2D eigenvalue weighted by Gasteiger charge is 2.10. The summed E-state index contributed by atoms with van der Waals surface area (Å²) in [5, 5.41) is 11.6. The molecule has 2 aromatic rings. The number of methoxy groups -OCH3 is 1. The van der Waals surface area contributed by atoms with Crippen LogP contribution >= 0.6 is 0 Å². The maximum Gasteiger partial charge on any atom is 0.337 e. The van der Waals surface area contributed by atoms with Gasteiger partial charge in [-0.2, -0.15) is 5.26 Å². The van der Waals surface area contributed by atoms with Crippen molar-refractivity contribution in [2.75, 3.05) is 12.4 Å². The molecule has 0 atom stereocenters. The van der Waals surface area contributed by atoms with Gasteiger partial charge < -0.3 is 10.1 Å². The highest BCUT2D eigenvalue weighted by atomic mass is 16.5. The van der Waals surface area contributed by atoms with Gasteiger partial charge in [0, 0.05) is 12.1 Å². The van der Waals surface area contributed by atoms with E-state index < -0.39 is 5.97 Å². The van der Waals surface area contributed by atoms with Gasteiger partial charge in [-0.3, -0.25) is 4.79 Å². The number of carbonyl (C=O) groups is 2. The lowest BCUT2D eigenvalue weighted by molar-refractivity contribution is -0.116. The van der Waals surface area contributed by atoms with E-state index in [4.69, 9.17) is 5.26 Å². The van der Waals surface area contributed by atoms with E-state index in [1.807, 2.05) is 19.1 Å². The Labute approximate surface area is 140 Å². The first-order chi connectivity index (χ1) is 11.5. The summed E-state index contributed by atoms with van der Waals surface area (Å²) in [5.41, 5.74) is 3.45. The third-order valence-electron chi connectivity index (χ3n) is 3.66. The summed E-state index contributed by atoms with van der Waals surface area (Å²) in [6.07, 6.45) is 0.890. The van der Waals surface area contributed by atoms with Crippen molar-refractivity contribution in [1.29, 1.82) is 5.26 Å². The Balaban J connectivity index is 1.99. The minimum atomic E-state index is -0.442. The Hall–Kier alpha value is -3.13. The van der Waals surface area contributed by atoms with Gasteiger partial charge in [0.25, 0.3) is 0 Å². The molecule has 0 aliphatic carbocycles. The Morgan fingerprint density at radius 3 is 2.50 bits per heavy atom. The zero-order valence-corrected chi connectivity index (χ0v) is 13.6. The Morgan fingerprint density at radius 1 is 1.17 bits per heavy atom. The Morgan fingerprint density at radius 2 is 1.88 bits per heavy atom. The van der Waals surface area contributed by atoms with E-state index in [0.717, 1.165) is 11.1 Å². The van der Waals surface area contributed by atoms with Crippen LogP contribution in [-0.4, -0.2) is 19.0 Å².